The zero-order chi connectivity index (χ0) is 54.0. The van der Waals surface area contributed by atoms with E-state index in [0.29, 0.717) is 31.2 Å². The smallest absolute Gasteiger partial charge is 0.326 e. The molecule has 20 nitrogen and oxygen atoms in total. The van der Waals surface area contributed by atoms with Crippen LogP contribution in [0.25, 0.3) is 0 Å². The number of aliphatic hydroxyl groups excluding tert-OH is 1. The Labute approximate surface area is 425 Å². The largest absolute Gasteiger partial charge is 0.480 e. The maximum absolute atomic E-state index is 14.6. The van der Waals surface area contributed by atoms with Gasteiger partial charge in [-0.3, -0.25) is 38.4 Å². The van der Waals surface area contributed by atoms with E-state index in [0.717, 1.165) is 0 Å². The fourth-order valence-corrected chi connectivity index (χ4v) is 9.13. The number of carboxylic acid groups (broad SMARTS) is 1. The summed E-state index contributed by atoms with van der Waals surface area (Å²) in [6, 6.07) is -1.15. The van der Waals surface area contributed by atoms with Gasteiger partial charge in [0, 0.05) is 19.5 Å². The van der Waals surface area contributed by atoms with E-state index in [2.05, 4.69) is 31.9 Å². The molecule has 0 bridgehead atoms. The Balaban J connectivity index is 1.85. The number of carbonyl (C=O) groups excluding carboxylic acids is 8. The summed E-state index contributed by atoms with van der Waals surface area (Å²) in [5.74, 6) is -6.93. The molecule has 8 amide bonds. The van der Waals surface area contributed by atoms with Crippen molar-refractivity contribution < 1.29 is 53.4 Å². The van der Waals surface area contributed by atoms with Crippen LogP contribution in [0.1, 0.15) is 133 Å². The van der Waals surface area contributed by atoms with E-state index in [9.17, 15) is 53.4 Å². The summed E-state index contributed by atoms with van der Waals surface area (Å²) < 4.78 is 0. The highest BCUT2D eigenvalue weighted by Gasteiger charge is 2.43. The number of likely N-dealkylation sites (tertiary alicyclic amines) is 2. The van der Waals surface area contributed by atoms with Gasteiger partial charge < -0.3 is 57.6 Å². The number of hydrogen-bond acceptors (Lipinski definition) is 11. The van der Waals surface area contributed by atoms with E-state index in [4.69, 9.17) is 5.73 Å². The summed E-state index contributed by atoms with van der Waals surface area (Å²) in [5, 5.41) is 36.6. The third kappa shape index (κ3) is 17.8. The van der Waals surface area contributed by atoms with Crippen LogP contribution in [0.4, 0.5) is 0 Å². The van der Waals surface area contributed by atoms with E-state index in [1.54, 1.807) is 37.3 Å². The van der Waals surface area contributed by atoms with Crippen molar-refractivity contribution in [1.29, 1.82) is 0 Å². The molecule has 10 N–H and O–H groups in total. The molecule has 0 unspecified atom stereocenters. The van der Waals surface area contributed by atoms with Gasteiger partial charge in [-0.15, -0.1) is 0 Å². The standard InChI is InChI=1S/C52H85N9O11/c1-11-32(9)42(53)49(68)56-36(25-30(5)6)45(64)58-39(28-62)50(69)60-22-16-20-40(60)47(66)55-37(27-34-18-14-13-15-19-34)46(65)59-43(33(10)12-2)51(70)61-23-17-21-41(61)48(67)54-35(24-29(3)4)44(63)57-38(52(71)72)26-31(7)8/h13-15,18-19,29-33,35-43,62H,11-12,16-17,20-28,53H2,1-10H3,(H,54,67)(H,55,66)(H,56,68)(H,57,63)(H,58,64)(H,59,65)(H,71,72)/t32-,33-,35-,36-,37-,38-,39-,40-,41-,42-,43-/m0/s1. The summed E-state index contributed by atoms with van der Waals surface area (Å²) >= 11 is 0. The molecule has 20 heteroatoms. The molecular weight excluding hydrogens is 927 g/mol. The SMILES string of the molecule is CC[C@H](C)[C@H](N)C(=O)N[C@@H](CC(C)C)C(=O)N[C@@H](CO)C(=O)N1CCC[C@H]1C(=O)N[C@@H](Cc1ccccc1)C(=O)N[C@H](C(=O)N1CCC[C@H]1C(=O)N[C@@H](CC(C)C)C(=O)N[C@@H](CC(C)C)C(=O)O)[C@@H](C)CC. The van der Waals surface area contributed by atoms with Crippen LogP contribution >= 0.6 is 0 Å². The van der Waals surface area contributed by atoms with Crippen molar-refractivity contribution in [3.05, 3.63) is 35.9 Å². The minimum atomic E-state index is -1.46. The van der Waals surface area contributed by atoms with Crippen LogP contribution in [0.2, 0.25) is 0 Å². The molecule has 0 spiro atoms. The van der Waals surface area contributed by atoms with Gasteiger partial charge >= 0.3 is 5.97 Å². The maximum Gasteiger partial charge on any atom is 0.326 e. The Morgan fingerprint density at radius 3 is 1.47 bits per heavy atom. The van der Waals surface area contributed by atoms with Crippen molar-refractivity contribution >= 4 is 53.2 Å². The second kappa shape index (κ2) is 29.2. The van der Waals surface area contributed by atoms with Crippen molar-refractivity contribution in [2.45, 2.75) is 188 Å². The van der Waals surface area contributed by atoms with Crippen molar-refractivity contribution in [1.82, 2.24) is 41.7 Å². The van der Waals surface area contributed by atoms with Crippen LogP contribution in [-0.4, -0.2) is 147 Å². The van der Waals surface area contributed by atoms with E-state index < -0.39 is 120 Å². The number of nitrogens with one attached hydrogen (secondary N) is 6. The van der Waals surface area contributed by atoms with Crippen LogP contribution in [-0.2, 0) is 49.6 Å². The van der Waals surface area contributed by atoms with Crippen LogP contribution in [0.5, 0.6) is 0 Å². The monoisotopic (exact) mass is 1010 g/mol. The summed E-state index contributed by atoms with van der Waals surface area (Å²) in [4.78, 5) is 126. The number of carboxylic acids is 1. The molecule has 2 aliphatic rings. The molecule has 2 aliphatic heterocycles. The average Bonchev–Trinajstić information content (AvgIpc) is 4.04. The van der Waals surface area contributed by atoms with E-state index >= 15 is 0 Å². The first-order valence-corrected chi connectivity index (χ1v) is 26.0. The molecule has 404 valence electrons. The Kier molecular flexibility index (Phi) is 24.6. The lowest BCUT2D eigenvalue weighted by Crippen LogP contribution is -2.61. The Morgan fingerprint density at radius 1 is 0.569 bits per heavy atom. The van der Waals surface area contributed by atoms with Crippen molar-refractivity contribution in [3.8, 4) is 0 Å². The number of nitrogens with zero attached hydrogens (tertiary/aromatic N) is 2. The van der Waals surface area contributed by atoms with Crippen LogP contribution in [0, 0.1) is 29.6 Å². The van der Waals surface area contributed by atoms with Gasteiger partial charge in [-0.2, -0.15) is 0 Å². The third-order valence-electron chi connectivity index (χ3n) is 13.7. The molecular formula is C52H85N9O11. The third-order valence-corrected chi connectivity index (χ3v) is 13.7. The topological polar surface area (TPSA) is 299 Å². The predicted molar refractivity (Wildman–Crippen MR) is 271 cm³/mol. The van der Waals surface area contributed by atoms with Gasteiger partial charge in [-0.25, -0.2) is 4.79 Å². The maximum atomic E-state index is 14.6. The first-order valence-electron chi connectivity index (χ1n) is 26.0. The minimum absolute atomic E-state index is 0.00736. The number of aliphatic carboxylic acids is 1. The highest BCUT2D eigenvalue weighted by Crippen LogP contribution is 2.24. The van der Waals surface area contributed by atoms with Gasteiger partial charge in [0.25, 0.3) is 0 Å². The summed E-state index contributed by atoms with van der Waals surface area (Å²) in [7, 11) is 0. The molecule has 11 atom stereocenters. The number of hydrogen-bond donors (Lipinski definition) is 9. The molecule has 0 aliphatic carbocycles. The first kappa shape index (κ1) is 60.7. The molecule has 2 saturated heterocycles. The van der Waals surface area contributed by atoms with Crippen LogP contribution < -0.4 is 37.6 Å². The summed E-state index contributed by atoms with van der Waals surface area (Å²) in [5.41, 5.74) is 6.83. The number of benzene rings is 1. The lowest BCUT2D eigenvalue weighted by atomic mass is 9.96. The Bertz CT molecular complexity index is 2000. The van der Waals surface area contributed by atoms with Gasteiger partial charge in [0.2, 0.25) is 47.3 Å². The number of carbonyl (C=O) groups is 9. The van der Waals surface area contributed by atoms with Gasteiger partial charge in [-0.1, -0.05) is 112 Å². The Morgan fingerprint density at radius 2 is 1.00 bits per heavy atom. The molecule has 1 aromatic rings. The molecule has 0 radical (unpaired) electrons. The lowest BCUT2D eigenvalue weighted by molar-refractivity contribution is -0.145. The number of nitrogens with two attached hydrogens (primary N) is 1. The Hall–Kier alpha value is -5.63. The molecule has 2 heterocycles. The number of aliphatic hydroxyl groups is 1. The van der Waals surface area contributed by atoms with Gasteiger partial charge in [0.15, 0.2) is 0 Å². The van der Waals surface area contributed by atoms with Crippen molar-refractivity contribution in [3.63, 3.8) is 0 Å². The minimum Gasteiger partial charge on any atom is -0.480 e. The zero-order valence-corrected chi connectivity index (χ0v) is 44.2. The zero-order valence-electron chi connectivity index (χ0n) is 44.2. The predicted octanol–water partition coefficient (Wildman–Crippen LogP) is 1.75. The van der Waals surface area contributed by atoms with E-state index in [-0.39, 0.29) is 75.3 Å². The first-order chi connectivity index (χ1) is 33.9. The fraction of sp³-hybridized carbons (Fsp3) is 0.712. The number of rotatable bonds is 28. The molecule has 1 aromatic carbocycles. The molecule has 72 heavy (non-hydrogen) atoms. The van der Waals surface area contributed by atoms with Crippen molar-refractivity contribution in [2.75, 3.05) is 19.7 Å². The normalized spacial score (nSPS) is 19.5. The molecule has 0 aromatic heterocycles. The van der Waals surface area contributed by atoms with Crippen LogP contribution in [0.3, 0.4) is 0 Å². The number of amides is 8. The second-order valence-electron chi connectivity index (χ2n) is 21.1. The quantitative estimate of drug-likeness (QED) is 0.0581. The molecule has 3 rings (SSSR count). The molecule has 0 saturated carbocycles. The van der Waals surface area contributed by atoms with E-state index in [1.165, 1.54) is 9.80 Å². The lowest BCUT2D eigenvalue weighted by Gasteiger charge is -2.33. The van der Waals surface area contributed by atoms with Gasteiger partial charge in [0.05, 0.1) is 12.6 Å². The highest BCUT2D eigenvalue weighted by molar-refractivity contribution is 5.98. The van der Waals surface area contributed by atoms with Gasteiger partial charge in [-0.05, 0) is 80.1 Å². The second-order valence-corrected chi connectivity index (χ2v) is 21.1. The van der Waals surface area contributed by atoms with Crippen molar-refractivity contribution in [2.24, 2.45) is 35.3 Å². The average molecular weight is 1010 g/mol. The van der Waals surface area contributed by atoms with E-state index in [1.807, 2.05) is 62.3 Å². The van der Waals surface area contributed by atoms with Gasteiger partial charge in [0.1, 0.15) is 48.3 Å². The summed E-state index contributed by atoms with van der Waals surface area (Å²) in [6.07, 6.45) is 3.10. The molecule has 2 fully saturated rings. The fourth-order valence-electron chi connectivity index (χ4n) is 9.13. The summed E-state index contributed by atoms with van der Waals surface area (Å²) in [6.45, 7) is 18.0. The van der Waals surface area contributed by atoms with Crippen LogP contribution in [0.15, 0.2) is 30.3 Å². The highest BCUT2D eigenvalue weighted by atomic mass is 16.4.